The molecule has 2 aromatic rings. The quantitative estimate of drug-likeness (QED) is 0.391. The van der Waals surface area contributed by atoms with E-state index in [-0.39, 0.29) is 0 Å². The molecular weight excluding hydrogens is 300 g/mol. The number of methoxy groups -OCH3 is 1. The van der Waals surface area contributed by atoms with Crippen LogP contribution < -0.4 is 4.74 Å². The smallest absolute Gasteiger partial charge is 0.242 e. The van der Waals surface area contributed by atoms with Crippen molar-refractivity contribution >= 4 is 20.5 Å². The highest BCUT2D eigenvalue weighted by atomic mass is 28.4. The zero-order valence-corrected chi connectivity index (χ0v) is 15.2. The second-order valence-corrected chi connectivity index (χ2v) is 10.7. The Balaban J connectivity index is 2.22. The summed E-state index contributed by atoms with van der Waals surface area (Å²) in [7, 11) is 0.00736. The number of hydrogen-bond acceptors (Lipinski definition) is 2. The maximum Gasteiger partial charge on any atom is 0.242 e. The van der Waals surface area contributed by atoms with E-state index in [1.807, 2.05) is 48.5 Å². The molecule has 0 aliphatic heterocycles. The summed E-state index contributed by atoms with van der Waals surface area (Å²) in [6, 6.07) is 18.2. The average Bonchev–Trinajstić information content (AvgIpc) is 2.53. The SMILES string of the molecule is COc1ccc(/C=C/C(=C/c2ccccc2)O[Si](C)(C)C)cc1. The Bertz CT molecular complexity index is 665. The molecule has 0 unspecified atom stereocenters. The van der Waals surface area contributed by atoms with Gasteiger partial charge in [-0.05, 0) is 55.1 Å². The van der Waals surface area contributed by atoms with Gasteiger partial charge in [0.05, 0.1) is 7.11 Å². The Morgan fingerprint density at radius 3 is 2.09 bits per heavy atom. The molecule has 23 heavy (non-hydrogen) atoms. The topological polar surface area (TPSA) is 18.5 Å². The number of rotatable bonds is 6. The van der Waals surface area contributed by atoms with Gasteiger partial charge in [-0.1, -0.05) is 48.5 Å². The number of allylic oxidation sites excluding steroid dienone is 1. The van der Waals surface area contributed by atoms with Crippen molar-refractivity contribution in [1.82, 2.24) is 0 Å². The predicted molar refractivity (Wildman–Crippen MR) is 101 cm³/mol. The highest BCUT2D eigenvalue weighted by Crippen LogP contribution is 2.18. The summed E-state index contributed by atoms with van der Waals surface area (Å²) >= 11 is 0. The van der Waals surface area contributed by atoms with E-state index in [9.17, 15) is 0 Å². The van der Waals surface area contributed by atoms with E-state index < -0.39 is 8.32 Å². The molecule has 0 aliphatic carbocycles. The fraction of sp³-hybridized carbons (Fsp3) is 0.200. The Kier molecular flexibility index (Phi) is 5.82. The molecule has 0 aliphatic rings. The first-order valence-electron chi connectivity index (χ1n) is 7.74. The van der Waals surface area contributed by atoms with Crippen LogP contribution in [0.5, 0.6) is 5.75 Å². The first kappa shape index (κ1) is 17.1. The van der Waals surface area contributed by atoms with Gasteiger partial charge in [0, 0.05) is 0 Å². The fourth-order valence-electron chi connectivity index (χ4n) is 2.07. The Morgan fingerprint density at radius 1 is 0.870 bits per heavy atom. The molecule has 0 saturated carbocycles. The van der Waals surface area contributed by atoms with Crippen LogP contribution in [0.25, 0.3) is 12.2 Å². The maximum absolute atomic E-state index is 6.20. The molecular formula is C20H24O2Si. The van der Waals surface area contributed by atoms with E-state index in [1.54, 1.807) is 7.11 Å². The van der Waals surface area contributed by atoms with Crippen molar-refractivity contribution in [1.29, 1.82) is 0 Å². The van der Waals surface area contributed by atoms with E-state index in [4.69, 9.17) is 9.16 Å². The van der Waals surface area contributed by atoms with Crippen molar-refractivity contribution in [2.45, 2.75) is 19.6 Å². The molecule has 3 heteroatoms. The van der Waals surface area contributed by atoms with E-state index in [0.717, 1.165) is 22.6 Å². The third-order valence-electron chi connectivity index (χ3n) is 3.09. The Labute approximate surface area is 140 Å². The summed E-state index contributed by atoms with van der Waals surface area (Å²) in [4.78, 5) is 0. The molecule has 120 valence electrons. The first-order valence-corrected chi connectivity index (χ1v) is 11.1. The van der Waals surface area contributed by atoms with Crippen LogP contribution >= 0.6 is 0 Å². The van der Waals surface area contributed by atoms with Crippen LogP contribution in [0, 0.1) is 0 Å². The molecule has 0 spiro atoms. The minimum absolute atomic E-state index is 0.862. The summed E-state index contributed by atoms with van der Waals surface area (Å²) in [6.45, 7) is 6.56. The molecule has 0 bridgehead atoms. The lowest BCUT2D eigenvalue weighted by Crippen LogP contribution is -2.24. The molecule has 0 aromatic heterocycles. The standard InChI is InChI=1S/C20H24O2Si/c1-21-19-13-10-17(11-14-19)12-15-20(22-23(2,3)4)16-18-8-6-5-7-9-18/h5-16H,1-4H3/b15-12+,20-16-. The lowest BCUT2D eigenvalue weighted by molar-refractivity contribution is 0.415. The molecule has 2 nitrogen and oxygen atoms in total. The van der Waals surface area contributed by atoms with Crippen LogP contribution in [0.4, 0.5) is 0 Å². The molecule has 0 saturated heterocycles. The highest BCUT2D eigenvalue weighted by molar-refractivity contribution is 6.70. The van der Waals surface area contributed by atoms with Crippen LogP contribution in [0.15, 0.2) is 66.4 Å². The van der Waals surface area contributed by atoms with Gasteiger partial charge in [0.1, 0.15) is 11.5 Å². The van der Waals surface area contributed by atoms with Crippen molar-refractivity contribution in [3.63, 3.8) is 0 Å². The van der Waals surface area contributed by atoms with E-state index >= 15 is 0 Å². The van der Waals surface area contributed by atoms with Crippen LogP contribution in [0.2, 0.25) is 19.6 Å². The predicted octanol–water partition coefficient (Wildman–Crippen LogP) is 5.60. The van der Waals surface area contributed by atoms with Gasteiger partial charge in [0.2, 0.25) is 8.32 Å². The monoisotopic (exact) mass is 324 g/mol. The second kappa shape index (κ2) is 7.84. The van der Waals surface area contributed by atoms with Gasteiger partial charge < -0.3 is 9.16 Å². The molecule has 2 aromatic carbocycles. The van der Waals surface area contributed by atoms with Gasteiger partial charge in [-0.25, -0.2) is 0 Å². The minimum Gasteiger partial charge on any atom is -0.544 e. The average molecular weight is 324 g/mol. The Morgan fingerprint density at radius 2 is 1.52 bits per heavy atom. The lowest BCUT2D eigenvalue weighted by Gasteiger charge is -2.20. The second-order valence-electron chi connectivity index (χ2n) is 6.28. The number of hydrogen-bond donors (Lipinski definition) is 0. The van der Waals surface area contributed by atoms with Gasteiger partial charge in [0.15, 0.2) is 0 Å². The van der Waals surface area contributed by atoms with Crippen LogP contribution in [0.3, 0.4) is 0 Å². The normalized spacial score (nSPS) is 12.4. The van der Waals surface area contributed by atoms with Crippen molar-refractivity contribution in [2.75, 3.05) is 7.11 Å². The molecule has 2 rings (SSSR count). The van der Waals surface area contributed by atoms with Gasteiger partial charge >= 0.3 is 0 Å². The largest absolute Gasteiger partial charge is 0.544 e. The molecule has 0 atom stereocenters. The van der Waals surface area contributed by atoms with Gasteiger partial charge in [0.25, 0.3) is 0 Å². The maximum atomic E-state index is 6.20. The zero-order chi connectivity index (χ0) is 16.7. The minimum atomic E-state index is -1.67. The summed E-state index contributed by atoms with van der Waals surface area (Å²) < 4.78 is 11.4. The van der Waals surface area contributed by atoms with Crippen molar-refractivity contribution in [2.24, 2.45) is 0 Å². The first-order chi connectivity index (χ1) is 11.0. The van der Waals surface area contributed by atoms with Crippen LogP contribution in [0.1, 0.15) is 11.1 Å². The highest BCUT2D eigenvalue weighted by Gasteiger charge is 2.16. The molecule has 0 fully saturated rings. The summed E-state index contributed by atoms with van der Waals surface area (Å²) in [5.74, 6) is 1.76. The van der Waals surface area contributed by atoms with E-state index in [2.05, 4.69) is 43.9 Å². The lowest BCUT2D eigenvalue weighted by atomic mass is 10.1. The summed E-state index contributed by atoms with van der Waals surface area (Å²) in [6.07, 6.45) is 6.18. The fourth-order valence-corrected chi connectivity index (χ4v) is 2.91. The van der Waals surface area contributed by atoms with Gasteiger partial charge in [-0.3, -0.25) is 0 Å². The molecule has 0 radical (unpaired) electrons. The van der Waals surface area contributed by atoms with Crippen LogP contribution in [-0.2, 0) is 4.43 Å². The molecule has 0 amide bonds. The third kappa shape index (κ3) is 6.16. The summed E-state index contributed by atoms with van der Waals surface area (Å²) in [5.41, 5.74) is 2.25. The van der Waals surface area contributed by atoms with Crippen molar-refractivity contribution in [3.05, 3.63) is 77.6 Å². The number of benzene rings is 2. The van der Waals surface area contributed by atoms with Gasteiger partial charge in [-0.15, -0.1) is 0 Å². The van der Waals surface area contributed by atoms with E-state index in [1.165, 1.54) is 0 Å². The molecule has 0 heterocycles. The van der Waals surface area contributed by atoms with Gasteiger partial charge in [-0.2, -0.15) is 0 Å². The Hall–Kier alpha value is -2.26. The number of ether oxygens (including phenoxy) is 1. The van der Waals surface area contributed by atoms with E-state index in [0.29, 0.717) is 0 Å². The summed E-state index contributed by atoms with van der Waals surface area (Å²) in [5, 5.41) is 0. The molecule has 0 N–H and O–H groups in total. The third-order valence-corrected chi connectivity index (χ3v) is 3.94. The zero-order valence-electron chi connectivity index (χ0n) is 14.2. The van der Waals surface area contributed by atoms with Crippen LogP contribution in [-0.4, -0.2) is 15.4 Å². The van der Waals surface area contributed by atoms with Crippen molar-refractivity contribution < 1.29 is 9.16 Å². The van der Waals surface area contributed by atoms with Crippen molar-refractivity contribution in [3.8, 4) is 5.75 Å².